The van der Waals surface area contributed by atoms with Crippen LogP contribution in [0.15, 0.2) is 4.99 Å². The molecule has 27 nitrogen and oxygen atoms in total. The Morgan fingerprint density at radius 1 is 0.677 bits per heavy atom. The van der Waals surface area contributed by atoms with E-state index in [0.717, 1.165) is 11.8 Å². The van der Waals surface area contributed by atoms with Gasteiger partial charge in [0.1, 0.15) is 48.3 Å². The van der Waals surface area contributed by atoms with E-state index >= 15 is 0 Å². The number of aliphatic hydroxyl groups is 3. The van der Waals surface area contributed by atoms with Gasteiger partial charge in [-0.05, 0) is 44.9 Å². The van der Waals surface area contributed by atoms with Crippen LogP contribution in [0.1, 0.15) is 65.7 Å². The van der Waals surface area contributed by atoms with Crippen LogP contribution in [0.3, 0.4) is 0 Å². The Morgan fingerprint density at radius 3 is 1.69 bits per heavy atom. The average molecular weight is 890 g/mol. The summed E-state index contributed by atoms with van der Waals surface area (Å²) in [6, 6.07) is -12.9. The second-order valence-electron chi connectivity index (χ2n) is 14.7. The first-order valence-corrected chi connectivity index (χ1v) is 19.4. The second kappa shape index (κ2) is 26.2. The zero-order chi connectivity index (χ0) is 47.4. The minimum Gasteiger partial charge on any atom is -0.481 e. The molecule has 1 aliphatic rings. The maximum absolute atomic E-state index is 13.7. The molecule has 0 aromatic rings. The molecule has 0 saturated carbocycles. The molecule has 0 radical (unpaired) electrons. The van der Waals surface area contributed by atoms with Gasteiger partial charge in [0.2, 0.25) is 41.4 Å². The molecule has 1 aliphatic heterocycles. The van der Waals surface area contributed by atoms with Crippen molar-refractivity contribution in [3.8, 4) is 0 Å². The van der Waals surface area contributed by atoms with Crippen LogP contribution < -0.4 is 49.1 Å². The van der Waals surface area contributed by atoms with Crippen molar-refractivity contribution in [2.24, 2.45) is 28.1 Å². The number of likely N-dealkylation sites (tertiary alicyclic amines) is 1. The third-order valence-electron chi connectivity index (χ3n) is 9.33. The Hall–Kier alpha value is -6.19. The van der Waals surface area contributed by atoms with Crippen molar-refractivity contribution in [3.63, 3.8) is 0 Å². The number of guanidine groups is 1. The Kier molecular flexibility index (Phi) is 22.8. The standard InChI is InChI=1S/C35H59N11O16/c1-15(2)25(32(59)43-21(14-48)31(58)45-26(16(3)49)33(60)46-11-5-7-22(46)34(61)62)44-30(57)20(12-24(52)53)42-28(55)18(6-4-10-39-35(37)38)41-29(56)19(8-9-23(50)51)40-27(54)17(36)13-47/h15-22,25-26,47-49H,4-14,36H2,1-3H3,(H,40,54)(H,41,56)(H,42,55)(H,43,59)(H,44,57)(H,45,58)(H,50,51)(H,52,53)(H,61,62)(H4,37,38,39)/t16-,17+,18+,19+,20+,21+,22+,25+,26+/m1/s1. The summed E-state index contributed by atoms with van der Waals surface area (Å²) in [5.41, 5.74) is 16.2. The third-order valence-corrected chi connectivity index (χ3v) is 9.33. The molecule has 0 aromatic heterocycles. The number of nitrogens with two attached hydrogens (primary N) is 3. The van der Waals surface area contributed by atoms with E-state index in [1.54, 1.807) is 0 Å². The van der Waals surface area contributed by atoms with E-state index in [2.05, 4.69) is 36.9 Å². The molecular formula is C35H59N11O16. The summed E-state index contributed by atoms with van der Waals surface area (Å²) in [6.07, 6.45) is -3.57. The lowest BCUT2D eigenvalue weighted by atomic mass is 10.0. The molecule has 0 unspecified atom stereocenters. The number of aliphatic imine (C=N–C) groups is 1. The molecule has 0 aliphatic carbocycles. The molecule has 350 valence electrons. The van der Waals surface area contributed by atoms with Gasteiger partial charge in [-0.3, -0.25) is 48.1 Å². The predicted molar refractivity (Wildman–Crippen MR) is 212 cm³/mol. The van der Waals surface area contributed by atoms with Gasteiger partial charge >= 0.3 is 17.9 Å². The van der Waals surface area contributed by atoms with Crippen LogP contribution in [0.2, 0.25) is 0 Å². The van der Waals surface area contributed by atoms with Crippen molar-refractivity contribution in [1.82, 2.24) is 36.8 Å². The number of aliphatic hydroxyl groups excluding tert-OH is 3. The molecule has 9 atom stereocenters. The molecule has 7 amide bonds. The van der Waals surface area contributed by atoms with Gasteiger partial charge in [-0.2, -0.15) is 0 Å². The van der Waals surface area contributed by atoms with Gasteiger partial charge < -0.3 is 84.6 Å². The number of hydrogen-bond acceptors (Lipinski definition) is 15. The Balaban J connectivity index is 3.31. The number of aliphatic carboxylic acids is 3. The van der Waals surface area contributed by atoms with Crippen LogP contribution in [0.5, 0.6) is 0 Å². The SMILES string of the molecule is CC(C)[C@H](NC(=O)[C@H](CC(=O)O)NC(=O)[C@H](CCCN=C(N)N)NC(=O)[C@H](CCC(=O)O)NC(=O)[C@@H](N)CO)C(=O)N[C@@H](CO)C(=O)N[C@H](C(=O)N1CCC[C@H]1C(=O)O)[C@@H](C)O. The minimum absolute atomic E-state index is 0.00394. The first-order chi connectivity index (χ1) is 28.9. The Morgan fingerprint density at radius 2 is 1.19 bits per heavy atom. The molecule has 0 aromatic carbocycles. The van der Waals surface area contributed by atoms with E-state index < -0.39 is 152 Å². The minimum atomic E-state index is -1.94. The van der Waals surface area contributed by atoms with E-state index in [0.29, 0.717) is 6.42 Å². The zero-order valence-electron chi connectivity index (χ0n) is 34.4. The van der Waals surface area contributed by atoms with Crippen molar-refractivity contribution in [2.75, 3.05) is 26.3 Å². The number of hydrogen-bond donors (Lipinski definition) is 15. The smallest absolute Gasteiger partial charge is 0.326 e. The maximum atomic E-state index is 13.7. The van der Waals surface area contributed by atoms with Gasteiger partial charge in [0.15, 0.2) is 5.96 Å². The van der Waals surface area contributed by atoms with Crippen LogP contribution in [-0.4, -0.2) is 181 Å². The fourth-order valence-corrected chi connectivity index (χ4v) is 5.95. The lowest BCUT2D eigenvalue weighted by Crippen LogP contribution is -2.62. The summed E-state index contributed by atoms with van der Waals surface area (Å²) >= 11 is 0. The number of carbonyl (C=O) groups excluding carboxylic acids is 7. The van der Waals surface area contributed by atoms with E-state index in [1.165, 1.54) is 13.8 Å². The molecule has 1 rings (SSSR count). The highest BCUT2D eigenvalue weighted by Crippen LogP contribution is 2.19. The summed E-state index contributed by atoms with van der Waals surface area (Å²) in [6.45, 7) is 2.08. The van der Waals surface area contributed by atoms with Crippen molar-refractivity contribution >= 4 is 65.2 Å². The highest BCUT2D eigenvalue weighted by atomic mass is 16.4. The number of amides is 7. The molecular weight excluding hydrogens is 830 g/mol. The first kappa shape index (κ1) is 53.8. The zero-order valence-corrected chi connectivity index (χ0v) is 34.4. The summed E-state index contributed by atoms with van der Waals surface area (Å²) in [5.74, 6) is -13.1. The van der Waals surface area contributed by atoms with Gasteiger partial charge in [0.25, 0.3) is 0 Å². The number of nitrogens with one attached hydrogen (secondary N) is 6. The van der Waals surface area contributed by atoms with E-state index in [4.69, 9.17) is 22.3 Å². The summed E-state index contributed by atoms with van der Waals surface area (Å²) in [5, 5.41) is 71.2. The number of carbonyl (C=O) groups is 10. The highest BCUT2D eigenvalue weighted by molar-refractivity contribution is 5.98. The average Bonchev–Trinajstić information content (AvgIpc) is 3.69. The van der Waals surface area contributed by atoms with Gasteiger partial charge in [-0.1, -0.05) is 13.8 Å². The van der Waals surface area contributed by atoms with Crippen LogP contribution in [0.4, 0.5) is 0 Å². The second-order valence-corrected chi connectivity index (χ2v) is 14.7. The quantitative estimate of drug-likeness (QED) is 0.0207. The van der Waals surface area contributed by atoms with Crippen LogP contribution >= 0.6 is 0 Å². The summed E-state index contributed by atoms with van der Waals surface area (Å²) in [7, 11) is 0. The normalized spacial score (nSPS) is 17.4. The summed E-state index contributed by atoms with van der Waals surface area (Å²) < 4.78 is 0. The molecule has 27 heteroatoms. The fourth-order valence-electron chi connectivity index (χ4n) is 5.95. The van der Waals surface area contributed by atoms with Crippen molar-refractivity contribution in [2.45, 2.75) is 120 Å². The summed E-state index contributed by atoms with van der Waals surface area (Å²) in [4.78, 5) is 132. The number of nitrogens with zero attached hydrogens (tertiary/aromatic N) is 2. The predicted octanol–water partition coefficient (Wildman–Crippen LogP) is -7.29. The topological polar surface area (TPSA) is 458 Å². The molecule has 1 saturated heterocycles. The van der Waals surface area contributed by atoms with E-state index in [9.17, 15) is 73.5 Å². The van der Waals surface area contributed by atoms with Crippen molar-refractivity contribution in [3.05, 3.63) is 0 Å². The molecule has 18 N–H and O–H groups in total. The molecule has 62 heavy (non-hydrogen) atoms. The lowest BCUT2D eigenvalue weighted by Gasteiger charge is -2.30. The van der Waals surface area contributed by atoms with Crippen LogP contribution in [0, 0.1) is 5.92 Å². The molecule has 0 spiro atoms. The fraction of sp³-hybridized carbons (Fsp3) is 0.686. The highest BCUT2D eigenvalue weighted by Gasteiger charge is 2.41. The van der Waals surface area contributed by atoms with Crippen molar-refractivity contribution in [1.29, 1.82) is 0 Å². The molecule has 1 heterocycles. The lowest BCUT2D eigenvalue weighted by molar-refractivity contribution is -0.151. The van der Waals surface area contributed by atoms with E-state index in [1.807, 2.05) is 0 Å². The van der Waals surface area contributed by atoms with Crippen molar-refractivity contribution < 1.29 is 78.6 Å². The van der Waals surface area contributed by atoms with Gasteiger partial charge in [-0.15, -0.1) is 0 Å². The Labute approximate surface area is 354 Å². The van der Waals surface area contributed by atoms with Crippen LogP contribution in [0.25, 0.3) is 0 Å². The maximum Gasteiger partial charge on any atom is 0.326 e. The van der Waals surface area contributed by atoms with Gasteiger partial charge in [0.05, 0.1) is 25.7 Å². The van der Waals surface area contributed by atoms with Gasteiger partial charge in [-0.25, -0.2) is 4.79 Å². The molecule has 1 fully saturated rings. The third kappa shape index (κ3) is 17.8. The van der Waals surface area contributed by atoms with E-state index in [-0.39, 0.29) is 38.3 Å². The van der Waals surface area contributed by atoms with Gasteiger partial charge in [0, 0.05) is 19.5 Å². The number of rotatable bonds is 27. The number of carboxylic acids is 3. The number of carboxylic acid groups (broad SMARTS) is 3. The van der Waals surface area contributed by atoms with Crippen LogP contribution in [-0.2, 0) is 47.9 Å². The monoisotopic (exact) mass is 889 g/mol. The Bertz CT molecular complexity index is 1660. The molecule has 0 bridgehead atoms. The largest absolute Gasteiger partial charge is 0.481 e. The first-order valence-electron chi connectivity index (χ1n) is 19.4.